The van der Waals surface area contributed by atoms with Crippen molar-refractivity contribution in [1.29, 1.82) is 0 Å². The van der Waals surface area contributed by atoms with Crippen molar-refractivity contribution < 1.29 is 9.53 Å². The number of piperidine rings is 1. The van der Waals surface area contributed by atoms with E-state index in [-0.39, 0.29) is 17.6 Å². The van der Waals surface area contributed by atoms with E-state index in [2.05, 4.69) is 5.10 Å². The average Bonchev–Trinajstić information content (AvgIpc) is 2.65. The summed E-state index contributed by atoms with van der Waals surface area (Å²) in [5.41, 5.74) is 1.07. The molecule has 0 N–H and O–H groups in total. The van der Waals surface area contributed by atoms with E-state index < -0.39 is 0 Å². The molecule has 25 heavy (non-hydrogen) atoms. The molecule has 1 aromatic heterocycles. The molecular weight excluding hydrogens is 318 g/mol. The number of likely N-dealkylation sites (tertiary alicyclic amines) is 1. The van der Waals surface area contributed by atoms with Crippen LogP contribution in [0, 0.1) is 0 Å². The molecule has 2 heterocycles. The topological polar surface area (TPSA) is 64.4 Å². The quantitative estimate of drug-likeness (QED) is 0.834. The lowest BCUT2D eigenvalue weighted by atomic mass is 10.1. The van der Waals surface area contributed by atoms with Crippen LogP contribution in [0.3, 0.4) is 0 Å². The SMILES string of the molecule is CCOC1CCN(C(=O)c2ccc(=O)n(Cc3ccccc3)n2)CC1. The van der Waals surface area contributed by atoms with Crippen molar-refractivity contribution in [3.8, 4) is 0 Å². The Kier molecular flexibility index (Phi) is 5.60. The zero-order valence-electron chi connectivity index (χ0n) is 14.4. The fraction of sp³-hybridized carbons (Fsp3) is 0.421. The summed E-state index contributed by atoms with van der Waals surface area (Å²) in [5, 5.41) is 4.28. The molecule has 1 saturated heterocycles. The number of benzene rings is 1. The number of ether oxygens (including phenoxy) is 1. The highest BCUT2D eigenvalue weighted by Gasteiger charge is 2.25. The summed E-state index contributed by atoms with van der Waals surface area (Å²) in [7, 11) is 0. The Hall–Kier alpha value is -2.47. The molecule has 1 aromatic carbocycles. The predicted molar refractivity (Wildman–Crippen MR) is 94.6 cm³/mol. The Morgan fingerprint density at radius 3 is 2.56 bits per heavy atom. The summed E-state index contributed by atoms with van der Waals surface area (Å²) in [6.07, 6.45) is 1.90. The lowest BCUT2D eigenvalue weighted by molar-refractivity contribution is 0.0143. The highest BCUT2D eigenvalue weighted by Crippen LogP contribution is 2.15. The molecule has 0 spiro atoms. The zero-order valence-corrected chi connectivity index (χ0v) is 14.4. The van der Waals surface area contributed by atoms with E-state index in [0.717, 1.165) is 18.4 Å². The minimum Gasteiger partial charge on any atom is -0.378 e. The minimum absolute atomic E-state index is 0.128. The van der Waals surface area contributed by atoms with Gasteiger partial charge in [-0.3, -0.25) is 9.59 Å². The standard InChI is InChI=1S/C19H23N3O3/c1-2-25-16-10-12-21(13-11-16)19(24)17-8-9-18(23)22(20-17)14-15-6-4-3-5-7-15/h3-9,16H,2,10-14H2,1H3. The third-order valence-electron chi connectivity index (χ3n) is 4.39. The Morgan fingerprint density at radius 1 is 1.16 bits per heavy atom. The summed E-state index contributed by atoms with van der Waals surface area (Å²) < 4.78 is 6.96. The van der Waals surface area contributed by atoms with Gasteiger partial charge in [0.15, 0.2) is 0 Å². The van der Waals surface area contributed by atoms with Crippen LogP contribution in [0.1, 0.15) is 35.8 Å². The normalized spacial score (nSPS) is 15.3. The van der Waals surface area contributed by atoms with Crippen LogP contribution in [0.4, 0.5) is 0 Å². The molecule has 132 valence electrons. The van der Waals surface area contributed by atoms with E-state index >= 15 is 0 Å². The van der Waals surface area contributed by atoms with Gasteiger partial charge in [0.1, 0.15) is 5.69 Å². The van der Waals surface area contributed by atoms with Gasteiger partial charge in [0.2, 0.25) is 0 Å². The van der Waals surface area contributed by atoms with Crippen molar-refractivity contribution in [2.45, 2.75) is 32.4 Å². The molecule has 1 aliphatic rings. The molecule has 0 saturated carbocycles. The third-order valence-corrected chi connectivity index (χ3v) is 4.39. The van der Waals surface area contributed by atoms with Gasteiger partial charge < -0.3 is 9.64 Å². The number of carbonyl (C=O) groups excluding carboxylic acids is 1. The van der Waals surface area contributed by atoms with Gasteiger partial charge in [0, 0.05) is 25.8 Å². The molecule has 0 atom stereocenters. The molecule has 0 unspecified atom stereocenters. The largest absolute Gasteiger partial charge is 0.378 e. The Bertz CT molecular complexity index is 765. The second-order valence-electron chi connectivity index (χ2n) is 6.15. The number of rotatable bonds is 5. The van der Waals surface area contributed by atoms with E-state index in [0.29, 0.717) is 31.9 Å². The lowest BCUT2D eigenvalue weighted by Crippen LogP contribution is -2.41. The molecule has 1 fully saturated rings. The maximum Gasteiger partial charge on any atom is 0.274 e. The number of carbonyl (C=O) groups is 1. The van der Waals surface area contributed by atoms with Gasteiger partial charge in [-0.1, -0.05) is 30.3 Å². The molecule has 6 heteroatoms. The fourth-order valence-corrected chi connectivity index (χ4v) is 3.06. The maximum atomic E-state index is 12.7. The second kappa shape index (κ2) is 8.07. The van der Waals surface area contributed by atoms with Gasteiger partial charge in [0.05, 0.1) is 12.6 Å². The molecular formula is C19H23N3O3. The molecule has 1 amide bonds. The highest BCUT2D eigenvalue weighted by molar-refractivity contribution is 5.92. The summed E-state index contributed by atoms with van der Waals surface area (Å²) >= 11 is 0. The molecule has 0 radical (unpaired) electrons. The van der Waals surface area contributed by atoms with Crippen LogP contribution in [0.15, 0.2) is 47.3 Å². The number of amides is 1. The fourth-order valence-electron chi connectivity index (χ4n) is 3.06. The summed E-state index contributed by atoms with van der Waals surface area (Å²) in [4.78, 5) is 26.5. The van der Waals surface area contributed by atoms with Gasteiger partial charge in [-0.2, -0.15) is 5.10 Å². The van der Waals surface area contributed by atoms with Crippen LogP contribution in [0.2, 0.25) is 0 Å². The first kappa shape index (κ1) is 17.4. The minimum atomic E-state index is -0.213. The monoisotopic (exact) mass is 341 g/mol. The van der Waals surface area contributed by atoms with E-state index in [1.54, 1.807) is 4.90 Å². The van der Waals surface area contributed by atoms with Crippen molar-refractivity contribution in [3.63, 3.8) is 0 Å². The van der Waals surface area contributed by atoms with Crippen LogP contribution in [-0.4, -0.2) is 46.4 Å². The van der Waals surface area contributed by atoms with Crippen molar-refractivity contribution in [1.82, 2.24) is 14.7 Å². The molecule has 6 nitrogen and oxygen atoms in total. The van der Waals surface area contributed by atoms with Crippen LogP contribution in [-0.2, 0) is 11.3 Å². The first-order valence-corrected chi connectivity index (χ1v) is 8.70. The number of hydrogen-bond acceptors (Lipinski definition) is 4. The van der Waals surface area contributed by atoms with Crippen LogP contribution < -0.4 is 5.56 Å². The number of hydrogen-bond donors (Lipinski definition) is 0. The van der Waals surface area contributed by atoms with Crippen molar-refractivity contribution in [3.05, 3.63) is 64.1 Å². The van der Waals surface area contributed by atoms with E-state index in [1.807, 2.05) is 37.3 Å². The third kappa shape index (κ3) is 4.33. The van der Waals surface area contributed by atoms with E-state index in [1.165, 1.54) is 16.8 Å². The molecule has 3 rings (SSSR count). The average molecular weight is 341 g/mol. The Morgan fingerprint density at radius 2 is 1.88 bits per heavy atom. The first-order valence-electron chi connectivity index (χ1n) is 8.70. The van der Waals surface area contributed by atoms with Gasteiger partial charge in [-0.05, 0) is 31.4 Å². The van der Waals surface area contributed by atoms with Crippen LogP contribution in [0.5, 0.6) is 0 Å². The smallest absolute Gasteiger partial charge is 0.274 e. The first-order chi connectivity index (χ1) is 12.2. The number of nitrogens with zero attached hydrogens (tertiary/aromatic N) is 3. The summed E-state index contributed by atoms with van der Waals surface area (Å²) in [5.74, 6) is -0.128. The molecule has 2 aromatic rings. The van der Waals surface area contributed by atoms with Crippen LogP contribution in [0.25, 0.3) is 0 Å². The number of aromatic nitrogens is 2. The van der Waals surface area contributed by atoms with Crippen molar-refractivity contribution >= 4 is 5.91 Å². The zero-order chi connectivity index (χ0) is 17.6. The van der Waals surface area contributed by atoms with Crippen molar-refractivity contribution in [2.24, 2.45) is 0 Å². The van der Waals surface area contributed by atoms with Crippen LogP contribution >= 0.6 is 0 Å². The van der Waals surface area contributed by atoms with Gasteiger partial charge in [-0.15, -0.1) is 0 Å². The molecule has 0 bridgehead atoms. The lowest BCUT2D eigenvalue weighted by Gasteiger charge is -2.31. The summed E-state index contributed by atoms with van der Waals surface area (Å²) in [6, 6.07) is 12.5. The van der Waals surface area contributed by atoms with Crippen molar-refractivity contribution in [2.75, 3.05) is 19.7 Å². The Balaban J connectivity index is 1.71. The Labute approximate surface area is 147 Å². The second-order valence-corrected chi connectivity index (χ2v) is 6.15. The van der Waals surface area contributed by atoms with Gasteiger partial charge in [0.25, 0.3) is 11.5 Å². The predicted octanol–water partition coefficient (Wildman–Crippen LogP) is 1.93. The molecule has 1 aliphatic heterocycles. The maximum absolute atomic E-state index is 12.7. The van der Waals surface area contributed by atoms with Gasteiger partial charge in [-0.25, -0.2) is 4.68 Å². The summed E-state index contributed by atoms with van der Waals surface area (Å²) in [6.45, 7) is 4.35. The van der Waals surface area contributed by atoms with Gasteiger partial charge >= 0.3 is 0 Å². The van der Waals surface area contributed by atoms with E-state index in [4.69, 9.17) is 4.74 Å². The van der Waals surface area contributed by atoms with E-state index in [9.17, 15) is 9.59 Å². The molecule has 0 aliphatic carbocycles. The highest BCUT2D eigenvalue weighted by atomic mass is 16.5.